The third kappa shape index (κ3) is 7.66. The van der Waals surface area contributed by atoms with Crippen molar-refractivity contribution in [3.63, 3.8) is 0 Å². The Morgan fingerprint density at radius 2 is 1.47 bits per heavy atom. The van der Waals surface area contributed by atoms with Crippen LogP contribution >= 0.6 is 0 Å². The summed E-state index contributed by atoms with van der Waals surface area (Å²) in [5.41, 5.74) is 2.83. The summed E-state index contributed by atoms with van der Waals surface area (Å²) in [6.45, 7) is 11.5. The van der Waals surface area contributed by atoms with E-state index in [0.29, 0.717) is 12.8 Å². The molecule has 0 fully saturated rings. The summed E-state index contributed by atoms with van der Waals surface area (Å²) in [6.07, 6.45) is 1.17. The Balaban J connectivity index is 2.00. The van der Waals surface area contributed by atoms with E-state index in [1.54, 1.807) is 0 Å². The van der Waals surface area contributed by atoms with E-state index >= 15 is 0 Å². The van der Waals surface area contributed by atoms with Gasteiger partial charge in [0.15, 0.2) is 0 Å². The minimum Gasteiger partial charge on any atom is -0.458 e. The quantitative estimate of drug-likeness (QED) is 0.594. The van der Waals surface area contributed by atoms with Crippen LogP contribution in [0, 0.1) is 11.8 Å². The van der Waals surface area contributed by atoms with Gasteiger partial charge in [0.1, 0.15) is 11.6 Å². The first kappa shape index (κ1) is 23.7. The van der Waals surface area contributed by atoms with Gasteiger partial charge >= 0.3 is 5.97 Å². The van der Waals surface area contributed by atoms with Crippen LogP contribution in [0.2, 0.25) is 0 Å². The van der Waals surface area contributed by atoms with Gasteiger partial charge < -0.3 is 10.1 Å². The summed E-state index contributed by atoms with van der Waals surface area (Å²) in [6, 6.07) is 17.9. The minimum absolute atomic E-state index is 0.126. The fraction of sp³-hybridized carbons (Fsp3) is 0.462. The monoisotopic (exact) mass is 409 g/mol. The summed E-state index contributed by atoms with van der Waals surface area (Å²) < 4.78 is 5.50. The maximum atomic E-state index is 12.8. The first-order chi connectivity index (χ1) is 14.0. The summed E-state index contributed by atoms with van der Waals surface area (Å²) in [5.74, 6) is -0.476. The Kier molecular flexibility index (Phi) is 8.22. The highest BCUT2D eigenvalue weighted by molar-refractivity contribution is 5.86. The molecule has 0 radical (unpaired) electrons. The van der Waals surface area contributed by atoms with Crippen molar-refractivity contribution in [2.75, 3.05) is 0 Å². The normalized spacial score (nSPS) is 13.6. The van der Waals surface area contributed by atoms with E-state index in [1.807, 2.05) is 59.7 Å². The van der Waals surface area contributed by atoms with E-state index in [1.165, 1.54) is 5.56 Å². The van der Waals surface area contributed by atoms with Crippen LogP contribution in [0.15, 0.2) is 54.6 Å². The molecule has 0 aliphatic carbocycles. The first-order valence-corrected chi connectivity index (χ1v) is 10.7. The van der Waals surface area contributed by atoms with Gasteiger partial charge in [0.25, 0.3) is 0 Å². The van der Waals surface area contributed by atoms with E-state index in [0.717, 1.165) is 11.1 Å². The van der Waals surface area contributed by atoms with Crippen molar-refractivity contribution in [3.05, 3.63) is 60.2 Å². The van der Waals surface area contributed by atoms with E-state index < -0.39 is 11.6 Å². The lowest BCUT2D eigenvalue weighted by Crippen LogP contribution is -2.46. The maximum Gasteiger partial charge on any atom is 0.329 e. The van der Waals surface area contributed by atoms with Gasteiger partial charge in [-0.3, -0.25) is 4.79 Å². The van der Waals surface area contributed by atoms with Crippen LogP contribution in [0.1, 0.15) is 53.5 Å². The van der Waals surface area contributed by atoms with Crippen molar-refractivity contribution in [1.29, 1.82) is 0 Å². The van der Waals surface area contributed by atoms with Crippen molar-refractivity contribution in [1.82, 2.24) is 5.32 Å². The Hall–Kier alpha value is -2.62. The molecule has 0 saturated heterocycles. The molecular formula is C26H35NO3. The average Bonchev–Trinajstić information content (AvgIpc) is 2.67. The zero-order chi connectivity index (χ0) is 22.3. The number of carbonyl (C=O) groups excluding carboxylic acids is 2. The number of amides is 1. The molecule has 4 nitrogen and oxygen atoms in total. The number of ether oxygens (including phenoxy) is 1. The van der Waals surface area contributed by atoms with Gasteiger partial charge in [-0.15, -0.1) is 0 Å². The number of esters is 1. The van der Waals surface area contributed by atoms with Crippen molar-refractivity contribution in [3.8, 4) is 11.1 Å². The van der Waals surface area contributed by atoms with Crippen LogP contribution < -0.4 is 5.32 Å². The first-order valence-electron chi connectivity index (χ1n) is 10.7. The van der Waals surface area contributed by atoms with Crippen LogP contribution in [0.3, 0.4) is 0 Å². The highest BCUT2D eigenvalue weighted by atomic mass is 16.6. The van der Waals surface area contributed by atoms with E-state index in [2.05, 4.69) is 41.7 Å². The Morgan fingerprint density at radius 1 is 0.900 bits per heavy atom. The van der Waals surface area contributed by atoms with Crippen LogP contribution in [0.5, 0.6) is 0 Å². The Labute approximate surface area is 181 Å². The number of benzene rings is 2. The van der Waals surface area contributed by atoms with Gasteiger partial charge in [-0.1, -0.05) is 75.4 Å². The zero-order valence-corrected chi connectivity index (χ0v) is 19.1. The molecular weight excluding hydrogens is 374 g/mol. The highest BCUT2D eigenvalue weighted by Gasteiger charge is 2.28. The zero-order valence-electron chi connectivity index (χ0n) is 19.1. The molecule has 0 spiro atoms. The molecule has 0 saturated carbocycles. The van der Waals surface area contributed by atoms with Crippen molar-refractivity contribution < 1.29 is 14.3 Å². The molecule has 0 aromatic heterocycles. The van der Waals surface area contributed by atoms with E-state index in [-0.39, 0.29) is 23.7 Å². The minimum atomic E-state index is -0.625. The molecule has 1 amide bonds. The Bertz CT molecular complexity index is 820. The molecule has 2 aromatic carbocycles. The maximum absolute atomic E-state index is 12.8. The molecule has 0 unspecified atom stereocenters. The number of rotatable bonds is 8. The van der Waals surface area contributed by atoms with E-state index in [9.17, 15) is 9.59 Å². The van der Waals surface area contributed by atoms with E-state index in [4.69, 9.17) is 4.74 Å². The molecule has 0 heterocycles. The standard InChI is InChI=1S/C26H35NO3/c1-18(2)16-23(25(29)30-26(4,5)6)27-24(28)19(3)17-20-12-14-22(15-13-20)21-10-8-7-9-11-21/h7-15,18-19,23H,16-17H2,1-6H3,(H,27,28)/t19-,23-/m0/s1. The molecule has 0 bridgehead atoms. The predicted octanol–water partition coefficient (Wildman–Crippen LogP) is 5.40. The molecule has 162 valence electrons. The molecule has 0 aliphatic heterocycles. The van der Waals surface area contributed by atoms with Gasteiger partial charge in [-0.2, -0.15) is 0 Å². The Morgan fingerprint density at radius 3 is 2.00 bits per heavy atom. The highest BCUT2D eigenvalue weighted by Crippen LogP contribution is 2.21. The predicted molar refractivity (Wildman–Crippen MR) is 122 cm³/mol. The lowest BCUT2D eigenvalue weighted by molar-refractivity contribution is -0.159. The molecule has 1 N–H and O–H groups in total. The van der Waals surface area contributed by atoms with Crippen LogP contribution in [0.4, 0.5) is 0 Å². The van der Waals surface area contributed by atoms with Gasteiger partial charge in [0.2, 0.25) is 5.91 Å². The topological polar surface area (TPSA) is 55.4 Å². The van der Waals surface area contributed by atoms with Gasteiger partial charge in [0, 0.05) is 5.92 Å². The van der Waals surface area contributed by atoms with Gasteiger partial charge in [-0.05, 0) is 56.2 Å². The fourth-order valence-electron chi connectivity index (χ4n) is 3.28. The lowest BCUT2D eigenvalue weighted by Gasteiger charge is -2.26. The largest absolute Gasteiger partial charge is 0.458 e. The molecule has 2 aromatic rings. The van der Waals surface area contributed by atoms with Crippen LogP contribution in [0.25, 0.3) is 11.1 Å². The SMILES string of the molecule is CC(C)C[C@H](NC(=O)[C@@H](C)Cc1ccc(-c2ccccc2)cc1)C(=O)OC(C)(C)C. The molecule has 2 rings (SSSR count). The summed E-state index contributed by atoms with van der Waals surface area (Å²) in [4.78, 5) is 25.3. The van der Waals surface area contributed by atoms with Crippen molar-refractivity contribution in [2.24, 2.45) is 11.8 Å². The molecule has 30 heavy (non-hydrogen) atoms. The number of nitrogens with one attached hydrogen (secondary N) is 1. The number of hydrogen-bond acceptors (Lipinski definition) is 3. The summed E-state index contributed by atoms with van der Waals surface area (Å²) >= 11 is 0. The van der Waals surface area contributed by atoms with Gasteiger partial charge in [-0.25, -0.2) is 4.79 Å². The number of hydrogen-bond donors (Lipinski definition) is 1. The molecule has 0 aliphatic rings. The lowest BCUT2D eigenvalue weighted by atomic mass is 9.96. The van der Waals surface area contributed by atoms with Crippen molar-refractivity contribution in [2.45, 2.75) is 66.0 Å². The third-order valence-electron chi connectivity index (χ3n) is 4.77. The van der Waals surface area contributed by atoms with Crippen LogP contribution in [-0.4, -0.2) is 23.5 Å². The molecule has 4 heteroatoms. The average molecular weight is 410 g/mol. The summed E-state index contributed by atoms with van der Waals surface area (Å²) in [5, 5.41) is 2.91. The molecule has 2 atom stereocenters. The number of carbonyl (C=O) groups is 2. The van der Waals surface area contributed by atoms with Gasteiger partial charge in [0.05, 0.1) is 0 Å². The summed E-state index contributed by atoms with van der Waals surface area (Å²) in [7, 11) is 0. The second-order valence-corrected chi connectivity index (χ2v) is 9.39. The fourth-order valence-corrected chi connectivity index (χ4v) is 3.28. The third-order valence-corrected chi connectivity index (χ3v) is 4.77. The second kappa shape index (κ2) is 10.4. The van der Waals surface area contributed by atoms with Crippen LogP contribution in [-0.2, 0) is 20.7 Å². The second-order valence-electron chi connectivity index (χ2n) is 9.39. The smallest absolute Gasteiger partial charge is 0.329 e. The van der Waals surface area contributed by atoms with Crippen molar-refractivity contribution >= 4 is 11.9 Å².